The Bertz CT molecular complexity index is 959. The molecule has 3 N–H and O–H groups in total. The van der Waals surface area contributed by atoms with Crippen molar-refractivity contribution in [2.45, 2.75) is 366 Å². The first-order chi connectivity index (χ1) is 33.0. The van der Waals surface area contributed by atoms with Crippen molar-refractivity contribution >= 4 is 11.9 Å². The highest BCUT2D eigenvalue weighted by molar-refractivity contribution is 5.76. The summed E-state index contributed by atoms with van der Waals surface area (Å²) < 4.78 is 5.47. The number of aliphatic hydroxyl groups excluding tert-OH is 2. The van der Waals surface area contributed by atoms with Crippen LogP contribution >= 0.6 is 0 Å². The molecule has 6 heteroatoms. The van der Waals surface area contributed by atoms with Gasteiger partial charge in [0.15, 0.2) is 0 Å². The molecule has 0 heterocycles. The molecule has 0 saturated carbocycles. The lowest BCUT2D eigenvalue weighted by Crippen LogP contribution is -2.45. The van der Waals surface area contributed by atoms with Crippen LogP contribution in [0.1, 0.15) is 354 Å². The topological polar surface area (TPSA) is 95.9 Å². The van der Waals surface area contributed by atoms with E-state index in [1.807, 2.05) is 0 Å². The molecule has 6 nitrogen and oxygen atoms in total. The van der Waals surface area contributed by atoms with E-state index in [0.717, 1.165) is 57.8 Å². The molecule has 0 saturated heterocycles. The van der Waals surface area contributed by atoms with E-state index in [2.05, 4.69) is 19.2 Å². The van der Waals surface area contributed by atoms with E-state index in [0.29, 0.717) is 25.9 Å². The average molecular weight is 949 g/mol. The van der Waals surface area contributed by atoms with Gasteiger partial charge < -0.3 is 20.3 Å². The summed E-state index contributed by atoms with van der Waals surface area (Å²) in [6.45, 7) is 4.93. The molecular weight excluding hydrogens is 827 g/mol. The van der Waals surface area contributed by atoms with E-state index in [1.54, 1.807) is 0 Å². The second kappa shape index (κ2) is 57.4. The fourth-order valence-corrected chi connectivity index (χ4v) is 9.94. The summed E-state index contributed by atoms with van der Waals surface area (Å²) >= 11 is 0. The van der Waals surface area contributed by atoms with Crippen molar-refractivity contribution in [1.82, 2.24) is 5.32 Å². The van der Waals surface area contributed by atoms with Gasteiger partial charge in [0.25, 0.3) is 0 Å². The summed E-state index contributed by atoms with van der Waals surface area (Å²) in [5.41, 5.74) is 0. The van der Waals surface area contributed by atoms with E-state index < -0.39 is 12.1 Å². The number of carbonyl (C=O) groups is 2. The summed E-state index contributed by atoms with van der Waals surface area (Å²) in [6.07, 6.45) is 66.8. The van der Waals surface area contributed by atoms with Gasteiger partial charge >= 0.3 is 5.97 Å². The molecule has 67 heavy (non-hydrogen) atoms. The second-order valence-electron chi connectivity index (χ2n) is 21.4. The molecule has 2 atom stereocenters. The van der Waals surface area contributed by atoms with Crippen LogP contribution in [0.15, 0.2) is 0 Å². The molecule has 0 radical (unpaired) electrons. The highest BCUT2D eigenvalue weighted by atomic mass is 16.5. The number of esters is 1. The minimum atomic E-state index is -0.681. The van der Waals surface area contributed by atoms with E-state index in [-0.39, 0.29) is 18.5 Å². The quantitative estimate of drug-likeness (QED) is 0.0417. The Labute approximate surface area is 419 Å². The van der Waals surface area contributed by atoms with Crippen molar-refractivity contribution in [3.8, 4) is 0 Å². The van der Waals surface area contributed by atoms with E-state index >= 15 is 0 Å². The molecule has 2 unspecified atom stereocenters. The number of ether oxygens (including phenoxy) is 1. The van der Waals surface area contributed by atoms with Crippen LogP contribution < -0.4 is 5.32 Å². The zero-order valence-electron chi connectivity index (χ0n) is 45.7. The zero-order valence-corrected chi connectivity index (χ0v) is 45.7. The Hall–Kier alpha value is -1.14. The van der Waals surface area contributed by atoms with Gasteiger partial charge in [0, 0.05) is 12.8 Å². The van der Waals surface area contributed by atoms with Crippen LogP contribution in [0.3, 0.4) is 0 Å². The van der Waals surface area contributed by atoms with Gasteiger partial charge in [-0.2, -0.15) is 0 Å². The van der Waals surface area contributed by atoms with Crippen molar-refractivity contribution in [2.75, 3.05) is 13.2 Å². The van der Waals surface area contributed by atoms with Crippen LogP contribution in [-0.4, -0.2) is 47.4 Å². The number of rotatable bonds is 58. The van der Waals surface area contributed by atoms with Crippen molar-refractivity contribution in [1.29, 1.82) is 0 Å². The zero-order chi connectivity index (χ0) is 48.6. The summed E-state index contributed by atoms with van der Waals surface area (Å²) in [6, 6.07) is -0.561. The first kappa shape index (κ1) is 65.9. The lowest BCUT2D eigenvalue weighted by molar-refractivity contribution is -0.143. The summed E-state index contributed by atoms with van der Waals surface area (Å²) in [5.74, 6) is -0.0764. The Morgan fingerprint density at radius 3 is 0.910 bits per heavy atom. The number of nitrogens with one attached hydrogen (secondary N) is 1. The summed E-state index contributed by atoms with van der Waals surface area (Å²) in [5, 5.41) is 23.4. The van der Waals surface area contributed by atoms with Crippen LogP contribution in [0.2, 0.25) is 0 Å². The SMILES string of the molecule is CCCCCCCCCCCCCCCCCCCCCCCCCCCC(O)C(CO)NC(=O)CCCCCCCCCCCOC(=O)CCCCCCCCCCCCCCCCCC. The number of amides is 1. The maximum Gasteiger partial charge on any atom is 0.305 e. The standard InChI is InChI=1S/C61H121NO5/c1-3-5-7-9-11-13-15-17-19-21-22-23-24-25-26-27-28-29-30-32-34-37-41-45-49-53-59(64)58(57-63)62-60(65)54-50-46-42-38-36-40-44-48-52-56-67-61(66)55-51-47-43-39-35-33-31-20-18-16-14-12-10-8-6-4-2/h58-59,63-64H,3-57H2,1-2H3,(H,62,65). The first-order valence-electron chi connectivity index (χ1n) is 30.8. The third-order valence-corrected chi connectivity index (χ3v) is 14.7. The molecule has 0 aromatic rings. The average Bonchev–Trinajstić information content (AvgIpc) is 3.33. The van der Waals surface area contributed by atoms with Crippen molar-refractivity contribution in [2.24, 2.45) is 0 Å². The fraction of sp³-hybridized carbons (Fsp3) is 0.967. The van der Waals surface area contributed by atoms with Gasteiger partial charge in [0.1, 0.15) is 0 Å². The molecule has 0 rings (SSSR count). The van der Waals surface area contributed by atoms with Crippen LogP contribution in [-0.2, 0) is 14.3 Å². The van der Waals surface area contributed by atoms with Gasteiger partial charge in [-0.05, 0) is 25.7 Å². The number of hydrogen-bond donors (Lipinski definition) is 3. The van der Waals surface area contributed by atoms with Crippen LogP contribution in [0.25, 0.3) is 0 Å². The van der Waals surface area contributed by atoms with Crippen LogP contribution in [0.4, 0.5) is 0 Å². The minimum absolute atomic E-state index is 0.0196. The predicted molar refractivity (Wildman–Crippen MR) is 292 cm³/mol. The fourth-order valence-electron chi connectivity index (χ4n) is 9.94. The predicted octanol–water partition coefficient (Wildman–Crippen LogP) is 19.1. The second-order valence-corrected chi connectivity index (χ2v) is 21.4. The first-order valence-corrected chi connectivity index (χ1v) is 30.8. The number of carbonyl (C=O) groups excluding carboxylic acids is 2. The van der Waals surface area contributed by atoms with Gasteiger partial charge in [0.05, 0.1) is 25.4 Å². The van der Waals surface area contributed by atoms with E-state index in [4.69, 9.17) is 4.74 Å². The molecule has 0 aromatic heterocycles. The number of hydrogen-bond acceptors (Lipinski definition) is 5. The molecule has 0 aliphatic carbocycles. The molecule has 400 valence electrons. The number of unbranched alkanes of at least 4 members (excludes halogenated alkanes) is 47. The Morgan fingerprint density at radius 1 is 0.358 bits per heavy atom. The molecule has 0 aliphatic rings. The van der Waals surface area contributed by atoms with Crippen molar-refractivity contribution in [3.05, 3.63) is 0 Å². The maximum atomic E-state index is 12.5. The van der Waals surface area contributed by atoms with Crippen molar-refractivity contribution < 1.29 is 24.5 Å². The molecule has 0 fully saturated rings. The van der Waals surface area contributed by atoms with Crippen LogP contribution in [0, 0.1) is 0 Å². The van der Waals surface area contributed by atoms with Crippen molar-refractivity contribution in [3.63, 3.8) is 0 Å². The van der Waals surface area contributed by atoms with Gasteiger partial charge in [-0.1, -0.05) is 316 Å². The third kappa shape index (κ3) is 54.0. The number of aliphatic hydroxyl groups is 2. The lowest BCUT2D eigenvalue weighted by Gasteiger charge is -2.22. The monoisotopic (exact) mass is 948 g/mol. The maximum absolute atomic E-state index is 12.5. The minimum Gasteiger partial charge on any atom is -0.466 e. The van der Waals surface area contributed by atoms with Gasteiger partial charge in [-0.15, -0.1) is 0 Å². The molecule has 1 amide bonds. The molecule has 0 bridgehead atoms. The normalized spacial score (nSPS) is 12.5. The molecule has 0 spiro atoms. The van der Waals surface area contributed by atoms with Gasteiger partial charge in [-0.3, -0.25) is 9.59 Å². The van der Waals surface area contributed by atoms with Gasteiger partial charge in [0.2, 0.25) is 5.91 Å². The van der Waals surface area contributed by atoms with Gasteiger partial charge in [-0.25, -0.2) is 0 Å². The summed E-state index contributed by atoms with van der Waals surface area (Å²) in [4.78, 5) is 24.6. The molecular formula is C61H121NO5. The van der Waals surface area contributed by atoms with E-state index in [9.17, 15) is 19.8 Å². The third-order valence-electron chi connectivity index (χ3n) is 14.7. The van der Waals surface area contributed by atoms with Crippen LogP contribution in [0.5, 0.6) is 0 Å². The highest BCUT2D eigenvalue weighted by Crippen LogP contribution is 2.18. The Balaban J connectivity index is 3.44. The Morgan fingerprint density at radius 2 is 0.612 bits per heavy atom. The molecule has 0 aliphatic heterocycles. The smallest absolute Gasteiger partial charge is 0.305 e. The summed E-state index contributed by atoms with van der Waals surface area (Å²) in [7, 11) is 0. The largest absolute Gasteiger partial charge is 0.466 e. The highest BCUT2D eigenvalue weighted by Gasteiger charge is 2.20. The molecule has 0 aromatic carbocycles. The lowest BCUT2D eigenvalue weighted by atomic mass is 10.0. The Kier molecular flexibility index (Phi) is 56.5. The van der Waals surface area contributed by atoms with E-state index in [1.165, 1.54) is 263 Å².